The van der Waals surface area contributed by atoms with Crippen LogP contribution >= 0.6 is 11.8 Å². The molecule has 4 heterocycles. The molecule has 2 amide bonds. The van der Waals surface area contributed by atoms with Crippen molar-refractivity contribution in [3.05, 3.63) is 24.2 Å². The van der Waals surface area contributed by atoms with Crippen LogP contribution < -0.4 is 5.32 Å². The third-order valence-corrected chi connectivity index (χ3v) is 5.95. The first-order chi connectivity index (χ1) is 10.7. The number of rotatable bonds is 3. The molecule has 1 N–H and O–H groups in total. The third-order valence-electron chi connectivity index (χ3n) is 4.68. The molecule has 0 aromatic carbocycles. The zero-order valence-electron chi connectivity index (χ0n) is 12.2. The van der Waals surface area contributed by atoms with Gasteiger partial charge in [-0.25, -0.2) is 0 Å². The summed E-state index contributed by atoms with van der Waals surface area (Å²) < 4.78 is 5.35. The average molecular weight is 321 g/mol. The standard InChI is InChI=1S/C15H19N3O3S/c19-14-12-6-11(22-9-10-2-1-5-21-10)8-18(12)15(20)13-7-16-3-4-17(13)14/h1-2,5,11-13,16H,3-4,6-9H2/t11-,12-,13-/m0/s1. The summed E-state index contributed by atoms with van der Waals surface area (Å²) in [4.78, 5) is 28.9. The molecule has 118 valence electrons. The minimum absolute atomic E-state index is 0.109. The molecular weight excluding hydrogens is 302 g/mol. The lowest BCUT2D eigenvalue weighted by atomic mass is 10.0. The van der Waals surface area contributed by atoms with E-state index >= 15 is 0 Å². The Balaban J connectivity index is 1.45. The number of carbonyl (C=O) groups excluding carboxylic acids is 2. The molecule has 0 saturated carbocycles. The lowest BCUT2D eigenvalue weighted by Gasteiger charge is -2.44. The molecule has 0 unspecified atom stereocenters. The summed E-state index contributed by atoms with van der Waals surface area (Å²) in [5, 5.41) is 3.51. The third kappa shape index (κ3) is 2.32. The highest BCUT2D eigenvalue weighted by molar-refractivity contribution is 7.99. The normalized spacial score (nSPS) is 31.4. The number of hydrogen-bond donors (Lipinski definition) is 1. The van der Waals surface area contributed by atoms with Crippen LogP contribution in [0.1, 0.15) is 12.2 Å². The summed E-state index contributed by atoms with van der Waals surface area (Å²) in [5.41, 5.74) is 0. The van der Waals surface area contributed by atoms with Gasteiger partial charge in [-0.3, -0.25) is 9.59 Å². The van der Waals surface area contributed by atoms with Crippen LogP contribution in [0.5, 0.6) is 0 Å². The van der Waals surface area contributed by atoms with Crippen LogP contribution in [-0.2, 0) is 15.3 Å². The number of nitrogens with zero attached hydrogens (tertiary/aromatic N) is 2. The fourth-order valence-electron chi connectivity index (χ4n) is 3.56. The van der Waals surface area contributed by atoms with Gasteiger partial charge in [0.1, 0.15) is 17.8 Å². The number of fused-ring (bicyclic) bond motifs is 2. The number of amides is 2. The number of thioether (sulfide) groups is 1. The van der Waals surface area contributed by atoms with E-state index in [1.54, 1.807) is 27.8 Å². The molecule has 0 spiro atoms. The Labute approximate surface area is 133 Å². The van der Waals surface area contributed by atoms with Crippen molar-refractivity contribution >= 4 is 23.6 Å². The molecule has 1 aromatic rings. The molecule has 3 aliphatic heterocycles. The van der Waals surface area contributed by atoms with E-state index < -0.39 is 0 Å². The van der Waals surface area contributed by atoms with Crippen LogP contribution in [0.25, 0.3) is 0 Å². The molecule has 0 bridgehead atoms. The van der Waals surface area contributed by atoms with Gasteiger partial charge in [0.05, 0.1) is 12.0 Å². The van der Waals surface area contributed by atoms with E-state index in [4.69, 9.17) is 4.42 Å². The highest BCUT2D eigenvalue weighted by atomic mass is 32.2. The molecule has 3 fully saturated rings. The first-order valence-electron chi connectivity index (χ1n) is 7.69. The van der Waals surface area contributed by atoms with Gasteiger partial charge in [0.2, 0.25) is 11.8 Å². The predicted octanol–water partition coefficient (Wildman–Crippen LogP) is 0.296. The van der Waals surface area contributed by atoms with Gasteiger partial charge in [0, 0.05) is 31.4 Å². The van der Waals surface area contributed by atoms with Crippen LogP contribution in [0.4, 0.5) is 0 Å². The maximum Gasteiger partial charge on any atom is 0.247 e. The van der Waals surface area contributed by atoms with E-state index in [1.165, 1.54) is 0 Å². The Morgan fingerprint density at radius 2 is 2.14 bits per heavy atom. The van der Waals surface area contributed by atoms with Crippen molar-refractivity contribution in [2.75, 3.05) is 26.2 Å². The summed E-state index contributed by atoms with van der Waals surface area (Å²) in [6.07, 6.45) is 2.43. The van der Waals surface area contributed by atoms with Crippen molar-refractivity contribution < 1.29 is 14.0 Å². The highest BCUT2D eigenvalue weighted by Gasteiger charge is 2.50. The zero-order chi connectivity index (χ0) is 15.1. The fourth-order valence-corrected chi connectivity index (χ4v) is 4.71. The van der Waals surface area contributed by atoms with Crippen molar-refractivity contribution in [1.82, 2.24) is 15.1 Å². The van der Waals surface area contributed by atoms with Gasteiger partial charge in [-0.15, -0.1) is 11.8 Å². The van der Waals surface area contributed by atoms with Crippen molar-refractivity contribution in [3.8, 4) is 0 Å². The van der Waals surface area contributed by atoms with E-state index in [2.05, 4.69) is 5.32 Å². The van der Waals surface area contributed by atoms with Crippen LogP contribution in [0, 0.1) is 0 Å². The van der Waals surface area contributed by atoms with E-state index in [9.17, 15) is 9.59 Å². The molecule has 7 heteroatoms. The summed E-state index contributed by atoms with van der Waals surface area (Å²) in [5.74, 6) is 1.97. The quantitative estimate of drug-likeness (QED) is 0.867. The topological polar surface area (TPSA) is 65.8 Å². The molecule has 3 atom stereocenters. The van der Waals surface area contributed by atoms with Crippen molar-refractivity contribution in [2.45, 2.75) is 29.5 Å². The fraction of sp³-hybridized carbons (Fsp3) is 0.600. The smallest absolute Gasteiger partial charge is 0.247 e. The van der Waals surface area contributed by atoms with Gasteiger partial charge >= 0.3 is 0 Å². The lowest BCUT2D eigenvalue weighted by Crippen LogP contribution is -2.68. The van der Waals surface area contributed by atoms with E-state index in [0.29, 0.717) is 24.9 Å². The number of piperazine rings is 2. The number of hydrogen-bond acceptors (Lipinski definition) is 5. The van der Waals surface area contributed by atoms with Gasteiger partial charge < -0.3 is 19.5 Å². The van der Waals surface area contributed by atoms with Crippen LogP contribution in [0.2, 0.25) is 0 Å². The summed E-state index contributed by atoms with van der Waals surface area (Å²) >= 11 is 1.77. The van der Waals surface area contributed by atoms with E-state index in [0.717, 1.165) is 24.5 Å². The molecule has 3 aliphatic rings. The molecule has 4 rings (SSSR count). The Bertz CT molecular complexity index is 545. The summed E-state index contributed by atoms with van der Waals surface area (Å²) in [6.45, 7) is 2.67. The first-order valence-corrected chi connectivity index (χ1v) is 8.74. The summed E-state index contributed by atoms with van der Waals surface area (Å²) in [6, 6.07) is 3.28. The molecule has 22 heavy (non-hydrogen) atoms. The van der Waals surface area contributed by atoms with Crippen LogP contribution in [0.15, 0.2) is 22.8 Å². The van der Waals surface area contributed by atoms with Crippen molar-refractivity contribution in [2.24, 2.45) is 0 Å². The van der Waals surface area contributed by atoms with E-state index in [-0.39, 0.29) is 23.9 Å². The maximum atomic E-state index is 12.6. The highest BCUT2D eigenvalue weighted by Crippen LogP contribution is 2.34. The second-order valence-corrected chi connectivity index (χ2v) is 7.29. The summed E-state index contributed by atoms with van der Waals surface area (Å²) in [7, 11) is 0. The SMILES string of the molecule is O=C1[C@@H]2C[C@H](SCc3ccco3)CN2C(=O)[C@@H]2CNCCN12. The Morgan fingerprint density at radius 3 is 2.95 bits per heavy atom. The van der Waals surface area contributed by atoms with E-state index in [1.807, 2.05) is 12.1 Å². The van der Waals surface area contributed by atoms with Gasteiger partial charge in [-0.05, 0) is 18.6 Å². The Hall–Kier alpha value is -1.47. The number of carbonyl (C=O) groups is 2. The second-order valence-electron chi connectivity index (χ2n) is 6.01. The molecular formula is C15H19N3O3S. The predicted molar refractivity (Wildman–Crippen MR) is 82.3 cm³/mol. The molecule has 0 radical (unpaired) electrons. The zero-order valence-corrected chi connectivity index (χ0v) is 13.1. The van der Waals surface area contributed by atoms with Gasteiger partial charge in [0.25, 0.3) is 0 Å². The maximum absolute atomic E-state index is 12.6. The Kier molecular flexibility index (Phi) is 3.62. The molecule has 0 aliphatic carbocycles. The molecule has 3 saturated heterocycles. The second kappa shape index (κ2) is 5.62. The monoisotopic (exact) mass is 321 g/mol. The first kappa shape index (κ1) is 14.1. The van der Waals surface area contributed by atoms with Gasteiger partial charge in [0.15, 0.2) is 0 Å². The van der Waals surface area contributed by atoms with Crippen molar-refractivity contribution in [3.63, 3.8) is 0 Å². The minimum atomic E-state index is -0.300. The largest absolute Gasteiger partial charge is 0.468 e. The minimum Gasteiger partial charge on any atom is -0.468 e. The van der Waals surface area contributed by atoms with Gasteiger partial charge in [-0.1, -0.05) is 0 Å². The van der Waals surface area contributed by atoms with Crippen molar-refractivity contribution in [1.29, 1.82) is 0 Å². The lowest BCUT2D eigenvalue weighted by molar-refractivity contribution is -0.160. The van der Waals surface area contributed by atoms with Crippen LogP contribution in [0.3, 0.4) is 0 Å². The Morgan fingerprint density at radius 1 is 1.27 bits per heavy atom. The molecule has 6 nitrogen and oxygen atoms in total. The number of furan rings is 1. The average Bonchev–Trinajstić information content (AvgIpc) is 3.20. The molecule has 1 aromatic heterocycles. The number of nitrogens with one attached hydrogen (secondary N) is 1. The van der Waals surface area contributed by atoms with Crippen LogP contribution in [-0.4, -0.2) is 65.1 Å². The van der Waals surface area contributed by atoms with Gasteiger partial charge in [-0.2, -0.15) is 0 Å².